The molecule has 0 radical (unpaired) electrons. The van der Waals surface area contributed by atoms with Gasteiger partial charge >= 0.3 is 5.97 Å². The van der Waals surface area contributed by atoms with Crippen LogP contribution in [0.4, 0.5) is 5.00 Å². The standard InChI is InChI=1S/C22H22N4O3S/c1-6-29-22(28)19-14(4)17(10-23)20(30-19)24-11-18-15(5)25-26(21(18)27)16-8-7-12(2)13(3)9-16/h7-9,11,25H,6H2,1-5H3/b24-11+. The lowest BCUT2D eigenvalue weighted by molar-refractivity contribution is 0.0531. The molecule has 0 atom stereocenters. The Morgan fingerprint density at radius 2 is 2.03 bits per heavy atom. The summed E-state index contributed by atoms with van der Waals surface area (Å²) >= 11 is 1.08. The zero-order valence-electron chi connectivity index (χ0n) is 17.5. The predicted molar refractivity (Wildman–Crippen MR) is 118 cm³/mol. The summed E-state index contributed by atoms with van der Waals surface area (Å²) in [7, 11) is 0. The number of esters is 1. The molecule has 7 nitrogen and oxygen atoms in total. The van der Waals surface area contributed by atoms with Crippen molar-refractivity contribution in [1.29, 1.82) is 5.26 Å². The van der Waals surface area contributed by atoms with E-state index in [2.05, 4.69) is 16.2 Å². The van der Waals surface area contributed by atoms with Gasteiger partial charge in [0.2, 0.25) is 0 Å². The molecule has 0 aliphatic rings. The maximum Gasteiger partial charge on any atom is 0.348 e. The van der Waals surface area contributed by atoms with Crippen LogP contribution in [0, 0.1) is 39.0 Å². The molecular weight excluding hydrogens is 400 g/mol. The van der Waals surface area contributed by atoms with Gasteiger partial charge < -0.3 is 4.74 Å². The van der Waals surface area contributed by atoms with Crippen molar-refractivity contribution in [2.75, 3.05) is 6.61 Å². The number of aliphatic imine (C=N–C) groups is 1. The Kier molecular flexibility index (Phi) is 6.04. The van der Waals surface area contributed by atoms with Gasteiger partial charge in [-0.05, 0) is 63.4 Å². The Morgan fingerprint density at radius 1 is 1.30 bits per heavy atom. The van der Waals surface area contributed by atoms with E-state index in [0.29, 0.717) is 32.3 Å². The maximum absolute atomic E-state index is 12.9. The minimum absolute atomic E-state index is 0.239. The van der Waals surface area contributed by atoms with E-state index >= 15 is 0 Å². The van der Waals surface area contributed by atoms with Gasteiger partial charge in [0.15, 0.2) is 0 Å². The third-order valence-corrected chi connectivity index (χ3v) is 6.06. The Morgan fingerprint density at radius 3 is 2.67 bits per heavy atom. The SMILES string of the molecule is CCOC(=O)c1sc(/N=C/c2c(C)[nH]n(-c3ccc(C)c(C)c3)c2=O)c(C#N)c1C. The van der Waals surface area contributed by atoms with Crippen molar-refractivity contribution in [3.05, 3.63) is 66.9 Å². The van der Waals surface area contributed by atoms with Gasteiger partial charge in [-0.15, -0.1) is 11.3 Å². The highest BCUT2D eigenvalue weighted by atomic mass is 32.1. The van der Waals surface area contributed by atoms with E-state index in [1.807, 2.05) is 32.0 Å². The number of aryl methyl sites for hydroxylation is 3. The number of thiophene rings is 1. The third-order valence-electron chi connectivity index (χ3n) is 4.88. The second-order valence-electron chi connectivity index (χ2n) is 6.89. The summed E-state index contributed by atoms with van der Waals surface area (Å²) in [5.41, 5.74) is 4.61. The van der Waals surface area contributed by atoms with Crippen molar-refractivity contribution < 1.29 is 9.53 Å². The summed E-state index contributed by atoms with van der Waals surface area (Å²) in [6.07, 6.45) is 1.44. The molecule has 154 valence electrons. The average molecular weight is 423 g/mol. The van der Waals surface area contributed by atoms with Gasteiger partial charge in [0.25, 0.3) is 5.56 Å². The first-order chi connectivity index (χ1) is 14.3. The smallest absolute Gasteiger partial charge is 0.348 e. The largest absolute Gasteiger partial charge is 0.462 e. The number of aromatic amines is 1. The van der Waals surface area contributed by atoms with E-state index < -0.39 is 5.97 Å². The van der Waals surface area contributed by atoms with Crippen LogP contribution in [-0.4, -0.2) is 28.6 Å². The topological polar surface area (TPSA) is 100 Å². The molecule has 3 aromatic rings. The summed E-state index contributed by atoms with van der Waals surface area (Å²) in [4.78, 5) is 29.7. The second-order valence-corrected chi connectivity index (χ2v) is 7.89. The minimum Gasteiger partial charge on any atom is -0.462 e. The van der Waals surface area contributed by atoms with Crippen molar-refractivity contribution in [2.24, 2.45) is 4.99 Å². The van der Waals surface area contributed by atoms with Gasteiger partial charge in [0.1, 0.15) is 15.9 Å². The number of aromatic nitrogens is 2. The molecule has 0 spiro atoms. The highest BCUT2D eigenvalue weighted by molar-refractivity contribution is 7.18. The molecule has 0 aliphatic carbocycles. The molecule has 1 aromatic carbocycles. The van der Waals surface area contributed by atoms with Gasteiger partial charge in [0.05, 0.1) is 23.4 Å². The molecular formula is C22H22N4O3S. The molecule has 0 saturated carbocycles. The van der Waals surface area contributed by atoms with E-state index in [4.69, 9.17) is 4.74 Å². The van der Waals surface area contributed by atoms with Gasteiger partial charge in [-0.2, -0.15) is 5.26 Å². The van der Waals surface area contributed by atoms with Crippen LogP contribution in [0.5, 0.6) is 0 Å². The number of H-pyrrole nitrogens is 1. The van der Waals surface area contributed by atoms with Crippen molar-refractivity contribution in [1.82, 2.24) is 9.78 Å². The summed E-state index contributed by atoms with van der Waals surface area (Å²) < 4.78 is 6.52. The van der Waals surface area contributed by atoms with Gasteiger partial charge in [-0.1, -0.05) is 6.07 Å². The Bertz CT molecular complexity index is 1250. The zero-order valence-corrected chi connectivity index (χ0v) is 18.3. The number of hydrogen-bond acceptors (Lipinski definition) is 6. The summed E-state index contributed by atoms with van der Waals surface area (Å²) in [5, 5.41) is 12.9. The van der Waals surface area contributed by atoms with Crippen LogP contribution < -0.4 is 5.56 Å². The van der Waals surface area contributed by atoms with E-state index in [1.165, 1.54) is 10.9 Å². The monoisotopic (exact) mass is 422 g/mol. The average Bonchev–Trinajstić information content (AvgIpc) is 3.18. The Labute approximate surface area is 178 Å². The molecule has 0 saturated heterocycles. The normalized spacial score (nSPS) is 11.1. The molecule has 2 heterocycles. The molecule has 0 amide bonds. The molecule has 1 N–H and O–H groups in total. The molecule has 0 unspecified atom stereocenters. The third kappa shape index (κ3) is 3.84. The van der Waals surface area contributed by atoms with E-state index in [1.54, 1.807) is 20.8 Å². The molecule has 0 bridgehead atoms. The second kappa shape index (κ2) is 8.51. The minimum atomic E-state index is -0.479. The number of nitrogens with one attached hydrogen (secondary N) is 1. The van der Waals surface area contributed by atoms with E-state index in [0.717, 1.165) is 28.2 Å². The first-order valence-corrected chi connectivity index (χ1v) is 10.2. The van der Waals surface area contributed by atoms with Crippen LogP contribution in [0.3, 0.4) is 0 Å². The molecule has 3 rings (SSSR count). The molecule has 8 heteroatoms. The highest BCUT2D eigenvalue weighted by Gasteiger charge is 2.21. The lowest BCUT2D eigenvalue weighted by Gasteiger charge is -2.05. The predicted octanol–water partition coefficient (Wildman–Crippen LogP) is 4.26. The summed E-state index contributed by atoms with van der Waals surface area (Å²) in [6, 6.07) is 7.87. The maximum atomic E-state index is 12.9. The van der Waals surface area contributed by atoms with Crippen LogP contribution in [0.15, 0.2) is 28.0 Å². The van der Waals surface area contributed by atoms with Crippen molar-refractivity contribution in [2.45, 2.75) is 34.6 Å². The summed E-state index contributed by atoms with van der Waals surface area (Å²) in [5.74, 6) is -0.479. The van der Waals surface area contributed by atoms with Crippen LogP contribution in [0.2, 0.25) is 0 Å². The first kappa shape index (κ1) is 21.3. The fourth-order valence-corrected chi connectivity index (χ4v) is 3.99. The molecule has 0 fully saturated rings. The fraction of sp³-hybridized carbons (Fsp3) is 0.273. The zero-order chi connectivity index (χ0) is 22.0. The number of nitrogens with zero attached hydrogens (tertiary/aromatic N) is 3. The number of rotatable bonds is 5. The van der Waals surface area contributed by atoms with Gasteiger partial charge in [-0.3, -0.25) is 9.89 Å². The van der Waals surface area contributed by atoms with Crippen LogP contribution in [0.1, 0.15) is 50.1 Å². The Hall–Kier alpha value is -3.44. The number of carbonyl (C=O) groups is 1. The summed E-state index contributed by atoms with van der Waals surface area (Å²) in [6.45, 7) is 9.45. The number of carbonyl (C=O) groups excluding carboxylic acids is 1. The van der Waals surface area contributed by atoms with E-state index in [-0.39, 0.29) is 12.2 Å². The van der Waals surface area contributed by atoms with Crippen LogP contribution >= 0.6 is 11.3 Å². The molecule has 0 aliphatic heterocycles. The lowest BCUT2D eigenvalue weighted by Crippen LogP contribution is -2.17. The number of nitriles is 1. The molecule has 2 aromatic heterocycles. The number of hydrogen-bond donors (Lipinski definition) is 1. The van der Waals surface area contributed by atoms with Crippen LogP contribution in [-0.2, 0) is 4.74 Å². The van der Waals surface area contributed by atoms with Crippen molar-refractivity contribution in [3.63, 3.8) is 0 Å². The van der Waals surface area contributed by atoms with Crippen LogP contribution in [0.25, 0.3) is 5.69 Å². The van der Waals surface area contributed by atoms with E-state index in [9.17, 15) is 14.9 Å². The number of benzene rings is 1. The highest BCUT2D eigenvalue weighted by Crippen LogP contribution is 2.35. The van der Waals surface area contributed by atoms with Crippen molar-refractivity contribution >= 4 is 28.5 Å². The number of ether oxygens (including phenoxy) is 1. The van der Waals surface area contributed by atoms with Crippen molar-refractivity contribution in [3.8, 4) is 11.8 Å². The fourth-order valence-electron chi connectivity index (χ4n) is 2.99. The Balaban J connectivity index is 2.02. The lowest BCUT2D eigenvalue weighted by atomic mass is 10.1. The van der Waals surface area contributed by atoms with Gasteiger partial charge in [0, 0.05) is 11.9 Å². The van der Waals surface area contributed by atoms with Gasteiger partial charge in [-0.25, -0.2) is 14.5 Å². The first-order valence-electron chi connectivity index (χ1n) is 9.42. The quantitative estimate of drug-likeness (QED) is 0.490. The molecule has 30 heavy (non-hydrogen) atoms.